The highest BCUT2D eigenvalue weighted by molar-refractivity contribution is 8.01. The van der Waals surface area contributed by atoms with Gasteiger partial charge in [0.1, 0.15) is 17.1 Å². The molecule has 0 aliphatic heterocycles. The third-order valence-corrected chi connectivity index (χ3v) is 4.31. The Balaban J connectivity index is 2.34. The molecule has 0 aromatic carbocycles. The van der Waals surface area contributed by atoms with Crippen LogP contribution < -0.4 is 5.09 Å². The van der Waals surface area contributed by atoms with Crippen LogP contribution in [0, 0.1) is 6.92 Å². The molecule has 0 amide bonds. The van der Waals surface area contributed by atoms with Crippen LogP contribution in [0.2, 0.25) is 5.15 Å². The van der Waals surface area contributed by atoms with Gasteiger partial charge in [-0.2, -0.15) is 0 Å². The van der Waals surface area contributed by atoms with Gasteiger partial charge in [-0.1, -0.05) is 26.6 Å². The van der Waals surface area contributed by atoms with Gasteiger partial charge >= 0.3 is 0 Å². The summed E-state index contributed by atoms with van der Waals surface area (Å²) in [5.41, 5.74) is 1.99. The van der Waals surface area contributed by atoms with E-state index in [9.17, 15) is 0 Å². The van der Waals surface area contributed by atoms with Crippen molar-refractivity contribution in [2.24, 2.45) is 0 Å². The van der Waals surface area contributed by atoms with Crippen molar-refractivity contribution in [3.05, 3.63) is 35.9 Å². The third-order valence-electron chi connectivity index (χ3n) is 2.95. The summed E-state index contributed by atoms with van der Waals surface area (Å²) in [6.45, 7) is 6.67. The third kappa shape index (κ3) is 3.32. The van der Waals surface area contributed by atoms with Crippen LogP contribution in [0.3, 0.4) is 0 Å². The van der Waals surface area contributed by atoms with Gasteiger partial charge in [0.2, 0.25) is 0 Å². The SMILES string of the molecule is C=CCC(Cn1cc(C)c2c(Cl)ncnc21)NPP. The molecule has 3 atom stereocenters. The lowest BCUT2D eigenvalue weighted by molar-refractivity contribution is 0.538. The highest BCUT2D eigenvalue weighted by Gasteiger charge is 2.14. The molecule has 0 radical (unpaired) electrons. The van der Waals surface area contributed by atoms with Crippen LogP contribution in [-0.2, 0) is 6.54 Å². The van der Waals surface area contributed by atoms with Gasteiger partial charge in [-0.05, 0) is 27.3 Å². The van der Waals surface area contributed by atoms with Gasteiger partial charge in [0.25, 0.3) is 0 Å². The van der Waals surface area contributed by atoms with Crippen molar-refractivity contribution in [3.63, 3.8) is 0 Å². The fourth-order valence-electron chi connectivity index (χ4n) is 2.15. The molecule has 4 nitrogen and oxygen atoms in total. The molecule has 1 N–H and O–H groups in total. The average Bonchev–Trinajstić information content (AvgIpc) is 2.68. The molecular weight excluding hydrogens is 298 g/mol. The Morgan fingerprint density at radius 3 is 3.11 bits per heavy atom. The first-order valence-electron chi connectivity index (χ1n) is 5.95. The van der Waals surface area contributed by atoms with Crippen molar-refractivity contribution in [1.29, 1.82) is 0 Å². The fraction of sp³-hybridized carbons (Fsp3) is 0.333. The minimum atomic E-state index is 0.345. The molecule has 0 aliphatic carbocycles. The van der Waals surface area contributed by atoms with Gasteiger partial charge < -0.3 is 4.57 Å². The van der Waals surface area contributed by atoms with Gasteiger partial charge in [-0.25, -0.2) is 9.97 Å². The number of aromatic nitrogens is 3. The summed E-state index contributed by atoms with van der Waals surface area (Å²) in [5.74, 6) is 0. The van der Waals surface area contributed by atoms with E-state index in [2.05, 4.69) is 41.3 Å². The molecule has 0 spiro atoms. The van der Waals surface area contributed by atoms with Crippen molar-refractivity contribution in [1.82, 2.24) is 19.6 Å². The van der Waals surface area contributed by atoms with E-state index >= 15 is 0 Å². The second kappa shape index (κ2) is 6.76. The monoisotopic (exact) mass is 314 g/mol. The molecular formula is C12H17ClN4P2. The quantitative estimate of drug-likeness (QED) is 0.505. The van der Waals surface area contributed by atoms with Gasteiger partial charge in [-0.15, -0.1) is 6.58 Å². The molecule has 2 aromatic heterocycles. The summed E-state index contributed by atoms with van der Waals surface area (Å²) in [6, 6.07) is 0.345. The molecule has 0 saturated heterocycles. The Morgan fingerprint density at radius 1 is 1.63 bits per heavy atom. The predicted molar refractivity (Wildman–Crippen MR) is 87.0 cm³/mol. The Morgan fingerprint density at radius 2 is 2.42 bits per heavy atom. The smallest absolute Gasteiger partial charge is 0.145 e. The minimum absolute atomic E-state index is 0.345. The van der Waals surface area contributed by atoms with E-state index in [-0.39, 0.29) is 0 Å². The Hall–Kier alpha value is -0.530. The molecule has 7 heteroatoms. The lowest BCUT2D eigenvalue weighted by atomic mass is 10.2. The average molecular weight is 315 g/mol. The molecule has 3 unspecified atom stereocenters. The Kier molecular flexibility index (Phi) is 5.29. The first kappa shape index (κ1) is 14.9. The first-order valence-corrected chi connectivity index (χ1v) is 9.14. The maximum atomic E-state index is 6.14. The van der Waals surface area contributed by atoms with Gasteiger partial charge in [0.05, 0.1) is 5.39 Å². The van der Waals surface area contributed by atoms with E-state index in [1.807, 2.05) is 13.0 Å². The fourth-order valence-corrected chi connectivity index (χ4v) is 3.58. The van der Waals surface area contributed by atoms with Crippen LogP contribution in [0.5, 0.6) is 0 Å². The lowest BCUT2D eigenvalue weighted by Gasteiger charge is -2.17. The summed E-state index contributed by atoms with van der Waals surface area (Å²) in [6.07, 6.45) is 6.44. The highest BCUT2D eigenvalue weighted by Crippen LogP contribution is 2.25. The van der Waals surface area contributed by atoms with Crippen molar-refractivity contribution in [3.8, 4) is 0 Å². The minimum Gasteiger partial charge on any atom is -0.331 e. The number of halogens is 1. The van der Waals surface area contributed by atoms with Gasteiger partial charge in [0, 0.05) is 18.8 Å². The van der Waals surface area contributed by atoms with Crippen molar-refractivity contribution >= 4 is 40.0 Å². The van der Waals surface area contributed by atoms with Crippen molar-refractivity contribution in [2.75, 3.05) is 0 Å². The van der Waals surface area contributed by atoms with Crippen LogP contribution in [0.25, 0.3) is 11.0 Å². The number of rotatable bonds is 6. The largest absolute Gasteiger partial charge is 0.331 e. The van der Waals surface area contributed by atoms with E-state index in [0.29, 0.717) is 19.6 Å². The summed E-state index contributed by atoms with van der Waals surface area (Å²) in [5, 5.41) is 4.90. The van der Waals surface area contributed by atoms with E-state index in [1.54, 1.807) is 0 Å². The zero-order chi connectivity index (χ0) is 13.8. The topological polar surface area (TPSA) is 42.7 Å². The first-order chi connectivity index (χ1) is 9.17. The zero-order valence-electron chi connectivity index (χ0n) is 10.7. The van der Waals surface area contributed by atoms with Crippen LogP contribution >= 0.6 is 28.9 Å². The van der Waals surface area contributed by atoms with E-state index in [0.717, 1.165) is 29.6 Å². The lowest BCUT2D eigenvalue weighted by Crippen LogP contribution is -2.26. The number of aryl methyl sites for hydroxylation is 1. The van der Waals surface area contributed by atoms with Gasteiger partial charge in [0.15, 0.2) is 0 Å². The maximum absolute atomic E-state index is 6.14. The molecule has 19 heavy (non-hydrogen) atoms. The summed E-state index contributed by atoms with van der Waals surface area (Å²) in [7, 11) is 3.34. The van der Waals surface area contributed by atoms with Gasteiger partial charge in [-0.3, -0.25) is 5.09 Å². The summed E-state index contributed by atoms with van der Waals surface area (Å²) >= 11 is 6.14. The highest BCUT2D eigenvalue weighted by atomic mass is 35.5. The standard InChI is InChI=1S/C12H17ClN4P2/c1-3-4-9(16-19-18)6-17-5-8(2)10-11(13)14-7-15-12(10)17/h3,5,7,9,16,19H,1,4,6,18H2,2H3. The number of nitrogens with one attached hydrogen (secondary N) is 1. The molecule has 102 valence electrons. The molecule has 0 bridgehead atoms. The van der Waals surface area contributed by atoms with Crippen molar-refractivity contribution in [2.45, 2.75) is 25.9 Å². The molecule has 0 saturated carbocycles. The van der Waals surface area contributed by atoms with Crippen LogP contribution in [0.15, 0.2) is 25.2 Å². The zero-order valence-corrected chi connectivity index (χ0v) is 13.6. The number of hydrogen-bond acceptors (Lipinski definition) is 3. The van der Waals surface area contributed by atoms with Crippen LogP contribution in [0.1, 0.15) is 12.0 Å². The summed E-state index contributed by atoms with van der Waals surface area (Å²) in [4.78, 5) is 8.39. The molecule has 2 aromatic rings. The molecule has 0 fully saturated rings. The summed E-state index contributed by atoms with van der Waals surface area (Å²) < 4.78 is 2.13. The molecule has 2 rings (SSSR count). The number of fused-ring (bicyclic) bond motifs is 1. The number of hydrogen-bond donors (Lipinski definition) is 1. The van der Waals surface area contributed by atoms with Crippen molar-refractivity contribution < 1.29 is 0 Å². The molecule has 2 heterocycles. The normalized spacial score (nSPS) is 13.4. The predicted octanol–water partition coefficient (Wildman–Crippen LogP) is 3.31. The maximum Gasteiger partial charge on any atom is 0.145 e. The Bertz CT molecular complexity index is 584. The second-order valence-electron chi connectivity index (χ2n) is 4.34. The Labute approximate surface area is 122 Å². The van der Waals surface area contributed by atoms with E-state index in [1.165, 1.54) is 6.33 Å². The molecule has 0 aliphatic rings. The van der Waals surface area contributed by atoms with E-state index in [4.69, 9.17) is 11.6 Å². The van der Waals surface area contributed by atoms with Crippen LogP contribution in [0.4, 0.5) is 0 Å². The van der Waals surface area contributed by atoms with Crippen LogP contribution in [-0.4, -0.2) is 20.6 Å². The second-order valence-corrected chi connectivity index (χ2v) is 6.14. The van der Waals surface area contributed by atoms with E-state index < -0.39 is 0 Å². The number of nitrogens with zero attached hydrogens (tertiary/aromatic N) is 3.